The highest BCUT2D eigenvalue weighted by Crippen LogP contribution is 2.18. The third-order valence-corrected chi connectivity index (χ3v) is 3.27. The number of aliphatic hydroxyl groups excluding tert-OH is 2. The molecule has 1 heterocycles. The smallest absolute Gasteiger partial charge is 0.117 e. The fraction of sp³-hybridized carbons (Fsp3) is 0.375. The molecule has 0 unspecified atom stereocenters. The molecular weight excluding hydrogens is 254 g/mol. The number of benzene rings is 1. The van der Waals surface area contributed by atoms with Crippen LogP contribution in [0.3, 0.4) is 0 Å². The number of rotatable bonds is 7. The molecule has 0 fully saturated rings. The lowest BCUT2D eigenvalue weighted by Gasteiger charge is -2.19. The molecule has 0 aliphatic rings. The summed E-state index contributed by atoms with van der Waals surface area (Å²) < 4.78 is 5.46. The lowest BCUT2D eigenvalue weighted by Crippen LogP contribution is -2.33. The SMILES string of the molecule is Cc1ccc(CN[C@@H](CO)C[C@H](O)c2ccccc2)o1. The summed E-state index contributed by atoms with van der Waals surface area (Å²) in [6, 6.07) is 13.1. The van der Waals surface area contributed by atoms with Gasteiger partial charge in [-0.3, -0.25) is 0 Å². The molecule has 0 radical (unpaired) electrons. The highest BCUT2D eigenvalue weighted by molar-refractivity contribution is 5.17. The zero-order chi connectivity index (χ0) is 14.4. The van der Waals surface area contributed by atoms with Crippen LogP contribution in [0.25, 0.3) is 0 Å². The van der Waals surface area contributed by atoms with Crippen LogP contribution in [-0.2, 0) is 6.54 Å². The summed E-state index contributed by atoms with van der Waals surface area (Å²) in [6.45, 7) is 2.41. The van der Waals surface area contributed by atoms with Gasteiger partial charge in [0.1, 0.15) is 11.5 Å². The summed E-state index contributed by atoms with van der Waals surface area (Å²) in [6.07, 6.45) is -0.126. The zero-order valence-electron chi connectivity index (χ0n) is 11.6. The molecule has 2 atom stereocenters. The molecule has 0 saturated carbocycles. The van der Waals surface area contributed by atoms with E-state index in [4.69, 9.17) is 4.42 Å². The fourth-order valence-electron chi connectivity index (χ4n) is 2.13. The average molecular weight is 275 g/mol. The Labute approximate surface area is 119 Å². The summed E-state index contributed by atoms with van der Waals surface area (Å²) >= 11 is 0. The van der Waals surface area contributed by atoms with Crippen molar-refractivity contribution in [2.75, 3.05) is 6.61 Å². The standard InChI is InChI=1S/C16H21NO3/c1-12-7-8-15(20-12)10-17-14(11-18)9-16(19)13-5-3-2-4-6-13/h2-8,14,16-19H,9-11H2,1H3/t14-,16+/m1/s1. The van der Waals surface area contributed by atoms with Crippen LogP contribution < -0.4 is 5.32 Å². The Kier molecular flexibility index (Phi) is 5.35. The van der Waals surface area contributed by atoms with Crippen LogP contribution >= 0.6 is 0 Å². The fourth-order valence-corrected chi connectivity index (χ4v) is 2.13. The topological polar surface area (TPSA) is 65.6 Å². The Balaban J connectivity index is 1.85. The van der Waals surface area contributed by atoms with Gasteiger partial charge in [0, 0.05) is 6.04 Å². The van der Waals surface area contributed by atoms with E-state index in [1.165, 1.54) is 0 Å². The Morgan fingerprint density at radius 3 is 2.50 bits per heavy atom. The number of hydrogen-bond acceptors (Lipinski definition) is 4. The average Bonchev–Trinajstić information content (AvgIpc) is 2.89. The van der Waals surface area contributed by atoms with E-state index in [-0.39, 0.29) is 12.6 Å². The van der Waals surface area contributed by atoms with Gasteiger partial charge in [-0.05, 0) is 31.0 Å². The van der Waals surface area contributed by atoms with Crippen molar-refractivity contribution in [2.24, 2.45) is 0 Å². The van der Waals surface area contributed by atoms with Crippen molar-refractivity contribution in [3.05, 3.63) is 59.5 Å². The Morgan fingerprint density at radius 2 is 1.90 bits per heavy atom. The first-order valence-corrected chi connectivity index (χ1v) is 6.81. The first kappa shape index (κ1) is 14.8. The second-order valence-corrected chi connectivity index (χ2v) is 4.93. The lowest BCUT2D eigenvalue weighted by molar-refractivity contribution is 0.128. The first-order valence-electron chi connectivity index (χ1n) is 6.81. The molecule has 4 nitrogen and oxygen atoms in total. The van der Waals surface area contributed by atoms with Crippen LogP contribution in [0, 0.1) is 6.92 Å². The van der Waals surface area contributed by atoms with E-state index < -0.39 is 6.10 Å². The molecule has 2 rings (SSSR count). The number of furan rings is 1. The van der Waals surface area contributed by atoms with Crippen LogP contribution in [0.15, 0.2) is 46.9 Å². The van der Waals surface area contributed by atoms with Crippen molar-refractivity contribution in [3.8, 4) is 0 Å². The molecule has 2 aromatic rings. The maximum absolute atomic E-state index is 10.1. The van der Waals surface area contributed by atoms with Gasteiger partial charge in [0.25, 0.3) is 0 Å². The monoisotopic (exact) mass is 275 g/mol. The van der Waals surface area contributed by atoms with Crippen molar-refractivity contribution in [1.82, 2.24) is 5.32 Å². The molecule has 0 bridgehead atoms. The van der Waals surface area contributed by atoms with E-state index in [1.807, 2.05) is 49.4 Å². The number of aryl methyl sites for hydroxylation is 1. The number of hydrogen-bond donors (Lipinski definition) is 3. The minimum atomic E-state index is -0.584. The van der Waals surface area contributed by atoms with E-state index in [1.54, 1.807) is 0 Å². The Hall–Kier alpha value is -1.62. The largest absolute Gasteiger partial charge is 0.465 e. The minimum absolute atomic E-state index is 0.0242. The zero-order valence-corrected chi connectivity index (χ0v) is 11.6. The maximum Gasteiger partial charge on any atom is 0.117 e. The first-order chi connectivity index (χ1) is 9.69. The summed E-state index contributed by atoms with van der Waals surface area (Å²) in [7, 11) is 0. The van der Waals surface area contributed by atoms with Crippen molar-refractivity contribution in [3.63, 3.8) is 0 Å². The maximum atomic E-state index is 10.1. The van der Waals surface area contributed by atoms with Crippen molar-refractivity contribution >= 4 is 0 Å². The van der Waals surface area contributed by atoms with Gasteiger partial charge in [-0.25, -0.2) is 0 Å². The molecule has 0 amide bonds. The Morgan fingerprint density at radius 1 is 1.15 bits per heavy atom. The van der Waals surface area contributed by atoms with Gasteiger partial charge >= 0.3 is 0 Å². The molecule has 3 N–H and O–H groups in total. The molecule has 1 aromatic heterocycles. The van der Waals surface area contributed by atoms with Crippen molar-refractivity contribution in [2.45, 2.75) is 32.0 Å². The van der Waals surface area contributed by atoms with Gasteiger partial charge in [-0.1, -0.05) is 30.3 Å². The quantitative estimate of drug-likeness (QED) is 0.724. The minimum Gasteiger partial charge on any atom is -0.465 e. The van der Waals surface area contributed by atoms with Gasteiger partial charge in [-0.2, -0.15) is 0 Å². The highest BCUT2D eigenvalue weighted by atomic mass is 16.3. The van der Waals surface area contributed by atoms with Crippen LogP contribution in [0.1, 0.15) is 29.6 Å². The van der Waals surface area contributed by atoms with Crippen molar-refractivity contribution in [1.29, 1.82) is 0 Å². The molecule has 0 aliphatic carbocycles. The van der Waals surface area contributed by atoms with E-state index in [0.717, 1.165) is 17.1 Å². The van der Waals surface area contributed by atoms with Gasteiger partial charge in [0.05, 0.1) is 19.3 Å². The molecular formula is C16H21NO3. The van der Waals surface area contributed by atoms with Gasteiger partial charge in [-0.15, -0.1) is 0 Å². The van der Waals surface area contributed by atoms with Crippen LogP contribution in [0.4, 0.5) is 0 Å². The normalized spacial score (nSPS) is 14.2. The van der Waals surface area contributed by atoms with E-state index in [0.29, 0.717) is 13.0 Å². The van der Waals surface area contributed by atoms with Crippen LogP contribution in [-0.4, -0.2) is 22.9 Å². The lowest BCUT2D eigenvalue weighted by atomic mass is 10.0. The molecule has 4 heteroatoms. The van der Waals surface area contributed by atoms with E-state index in [9.17, 15) is 10.2 Å². The van der Waals surface area contributed by atoms with Gasteiger partial charge < -0.3 is 19.9 Å². The highest BCUT2D eigenvalue weighted by Gasteiger charge is 2.15. The molecule has 0 spiro atoms. The summed E-state index contributed by atoms with van der Waals surface area (Å²) in [4.78, 5) is 0. The Bertz CT molecular complexity index is 509. The summed E-state index contributed by atoms with van der Waals surface area (Å²) in [5.41, 5.74) is 0.863. The molecule has 0 saturated heterocycles. The second-order valence-electron chi connectivity index (χ2n) is 4.93. The predicted molar refractivity (Wildman–Crippen MR) is 77.2 cm³/mol. The molecule has 20 heavy (non-hydrogen) atoms. The van der Waals surface area contributed by atoms with E-state index >= 15 is 0 Å². The van der Waals surface area contributed by atoms with Crippen molar-refractivity contribution < 1.29 is 14.6 Å². The predicted octanol–water partition coefficient (Wildman–Crippen LogP) is 2.16. The number of aliphatic hydroxyl groups is 2. The van der Waals surface area contributed by atoms with E-state index in [2.05, 4.69) is 5.32 Å². The summed E-state index contributed by atoms with van der Waals surface area (Å²) in [5.74, 6) is 1.70. The molecule has 1 aromatic carbocycles. The van der Waals surface area contributed by atoms with Gasteiger partial charge in [0.2, 0.25) is 0 Å². The van der Waals surface area contributed by atoms with Gasteiger partial charge in [0.15, 0.2) is 0 Å². The second kappa shape index (κ2) is 7.24. The molecule has 0 aliphatic heterocycles. The van der Waals surface area contributed by atoms with Crippen LogP contribution in [0.5, 0.6) is 0 Å². The number of nitrogens with one attached hydrogen (secondary N) is 1. The third-order valence-electron chi connectivity index (χ3n) is 3.27. The molecule has 108 valence electrons. The summed E-state index contributed by atoms with van der Waals surface area (Å²) in [5, 5.41) is 22.7. The third kappa shape index (κ3) is 4.20. The van der Waals surface area contributed by atoms with Crippen LogP contribution in [0.2, 0.25) is 0 Å².